The third-order valence-electron chi connectivity index (χ3n) is 9.87. The molecule has 0 aliphatic heterocycles. The van der Waals surface area contributed by atoms with Gasteiger partial charge in [0.15, 0.2) is 0 Å². The van der Waals surface area contributed by atoms with Crippen molar-refractivity contribution in [2.45, 2.75) is 165 Å². The van der Waals surface area contributed by atoms with Gasteiger partial charge in [0.2, 0.25) is 0 Å². The molecule has 300 valence electrons. The SMILES string of the molecule is CC(=O)C(C(C)C)C(C)C(C)C.CC(=O)C(CC(C)C)C(C)C.CCOC(=O)C(C(C)C)C(C)C(C)C.CCOC(=O)C(CC(C)C)C(C)C. The molecule has 0 rings (SSSR count). The van der Waals surface area contributed by atoms with Gasteiger partial charge in [-0.2, -0.15) is 0 Å². The summed E-state index contributed by atoms with van der Waals surface area (Å²) in [6.45, 7) is 46.5. The summed E-state index contributed by atoms with van der Waals surface area (Å²) in [5.41, 5.74) is 0. The van der Waals surface area contributed by atoms with Crippen LogP contribution in [-0.2, 0) is 28.7 Å². The van der Waals surface area contributed by atoms with Gasteiger partial charge >= 0.3 is 11.9 Å². The maximum atomic E-state index is 11.7. The fourth-order valence-electron chi connectivity index (χ4n) is 6.42. The quantitative estimate of drug-likeness (QED) is 0.131. The summed E-state index contributed by atoms with van der Waals surface area (Å²) < 4.78 is 10.1. The lowest BCUT2D eigenvalue weighted by Gasteiger charge is -2.28. The highest BCUT2D eigenvalue weighted by Gasteiger charge is 2.31. The minimum Gasteiger partial charge on any atom is -0.466 e. The van der Waals surface area contributed by atoms with Crippen molar-refractivity contribution in [3.05, 3.63) is 0 Å². The minimum atomic E-state index is -0.0382. The standard InChI is InChI=1S/C12H24O2.C11H22O2.C11H22O.C10H20O/c1-7-14-12(13)11(9(4)5)10(6)8(2)3;1-6-13-11(12)10(9(4)5)7-8(2)3;1-7(2)9(5)11(8(3)4)10(6)12;1-7(2)6-10(8(3)4)9(5)11/h8-11H,7H2,1-6H3;8-10H,6-7H2,1-5H3;7-9,11H,1-6H3;7-8,10H,6H2,1-5H3. The van der Waals surface area contributed by atoms with Gasteiger partial charge < -0.3 is 9.47 Å². The molecule has 0 fully saturated rings. The van der Waals surface area contributed by atoms with Crippen molar-refractivity contribution in [1.29, 1.82) is 0 Å². The summed E-state index contributed by atoms with van der Waals surface area (Å²) in [6.07, 6.45) is 1.96. The molecule has 0 radical (unpaired) electrons. The van der Waals surface area contributed by atoms with Crippen molar-refractivity contribution in [1.82, 2.24) is 0 Å². The topological polar surface area (TPSA) is 86.7 Å². The molecule has 6 nitrogen and oxygen atoms in total. The Morgan fingerprint density at radius 3 is 0.920 bits per heavy atom. The molecule has 0 bridgehead atoms. The number of Topliss-reactive ketones (excluding diaryl/α,β-unsaturated/α-hetero) is 2. The fraction of sp³-hybridized carbons (Fsp3) is 0.909. The van der Waals surface area contributed by atoms with E-state index in [-0.39, 0.29) is 35.6 Å². The first-order chi connectivity index (χ1) is 22.7. The Balaban J connectivity index is -0.000000283. The average molecular weight is 713 g/mol. The van der Waals surface area contributed by atoms with E-state index >= 15 is 0 Å². The zero-order valence-corrected chi connectivity index (χ0v) is 37.4. The summed E-state index contributed by atoms with van der Waals surface area (Å²) in [6, 6.07) is 0. The molecular weight excluding hydrogens is 624 g/mol. The van der Waals surface area contributed by atoms with Gasteiger partial charge in [0, 0.05) is 11.8 Å². The molecule has 0 saturated carbocycles. The number of hydrogen-bond donors (Lipinski definition) is 0. The predicted molar refractivity (Wildman–Crippen MR) is 215 cm³/mol. The van der Waals surface area contributed by atoms with Gasteiger partial charge in [-0.05, 0) is 99.7 Å². The van der Waals surface area contributed by atoms with Gasteiger partial charge in [0.25, 0.3) is 0 Å². The van der Waals surface area contributed by atoms with Crippen molar-refractivity contribution >= 4 is 23.5 Å². The van der Waals surface area contributed by atoms with E-state index < -0.39 is 0 Å². The molecule has 0 saturated heterocycles. The van der Waals surface area contributed by atoms with Crippen LogP contribution < -0.4 is 0 Å². The number of hydrogen-bond acceptors (Lipinski definition) is 6. The molecule has 6 atom stereocenters. The maximum absolute atomic E-state index is 11.7. The Labute approximate surface area is 312 Å². The Morgan fingerprint density at radius 1 is 0.400 bits per heavy atom. The van der Waals surface area contributed by atoms with Crippen molar-refractivity contribution in [3.63, 3.8) is 0 Å². The first-order valence-electron chi connectivity index (χ1n) is 20.1. The predicted octanol–water partition coefficient (Wildman–Crippen LogP) is 12.0. The van der Waals surface area contributed by atoms with Gasteiger partial charge in [0.1, 0.15) is 11.6 Å². The zero-order valence-electron chi connectivity index (χ0n) is 37.4. The normalized spacial score (nSPS) is 15.0. The van der Waals surface area contributed by atoms with Crippen molar-refractivity contribution in [3.8, 4) is 0 Å². The third kappa shape index (κ3) is 26.1. The average Bonchev–Trinajstić information content (AvgIpc) is 2.94. The Bertz CT molecular complexity index is 883. The molecule has 6 heteroatoms. The lowest BCUT2D eigenvalue weighted by Crippen LogP contribution is -2.31. The van der Waals surface area contributed by atoms with Crippen molar-refractivity contribution in [2.24, 2.45) is 82.9 Å². The number of ketones is 2. The first-order valence-corrected chi connectivity index (χ1v) is 20.1. The Morgan fingerprint density at radius 2 is 0.720 bits per heavy atom. The van der Waals surface area contributed by atoms with Crippen molar-refractivity contribution in [2.75, 3.05) is 13.2 Å². The number of carbonyl (C=O) groups is 4. The molecule has 50 heavy (non-hydrogen) atoms. The minimum absolute atomic E-state index is 0.0359. The van der Waals surface area contributed by atoms with Crippen LogP contribution in [0.2, 0.25) is 0 Å². The number of esters is 2. The van der Waals surface area contributed by atoms with Gasteiger partial charge in [-0.25, -0.2) is 0 Å². The molecule has 0 aliphatic rings. The molecule has 0 aromatic rings. The van der Waals surface area contributed by atoms with Crippen molar-refractivity contribution < 1.29 is 28.7 Å². The summed E-state index contributed by atoms with van der Waals surface area (Å²) >= 11 is 0. The Kier molecular flexibility index (Phi) is 32.8. The third-order valence-corrected chi connectivity index (χ3v) is 9.87. The zero-order chi connectivity index (χ0) is 40.6. The van der Waals surface area contributed by atoms with Crippen LogP contribution in [0.25, 0.3) is 0 Å². The molecule has 0 spiro atoms. The van der Waals surface area contributed by atoms with Gasteiger partial charge in [0.05, 0.1) is 25.0 Å². The largest absolute Gasteiger partial charge is 0.466 e. The van der Waals surface area contributed by atoms with Gasteiger partial charge in [-0.3, -0.25) is 19.2 Å². The first kappa shape index (κ1) is 55.0. The van der Waals surface area contributed by atoms with E-state index in [1.807, 2.05) is 13.8 Å². The second-order valence-corrected chi connectivity index (χ2v) is 17.4. The van der Waals surface area contributed by atoms with Crippen LogP contribution in [0.1, 0.15) is 165 Å². The molecule has 0 amide bonds. The molecule has 0 N–H and O–H groups in total. The smallest absolute Gasteiger partial charge is 0.309 e. The molecule has 6 unspecified atom stereocenters. The van der Waals surface area contributed by atoms with Crippen LogP contribution >= 0.6 is 0 Å². The second kappa shape index (κ2) is 29.8. The second-order valence-electron chi connectivity index (χ2n) is 17.4. The van der Waals surface area contributed by atoms with E-state index in [1.54, 1.807) is 13.8 Å². The van der Waals surface area contributed by atoms with Crippen LogP contribution in [-0.4, -0.2) is 36.7 Å². The molecular formula is C44H88O6. The monoisotopic (exact) mass is 713 g/mol. The number of ether oxygens (including phenoxy) is 2. The van der Waals surface area contributed by atoms with Crippen LogP contribution in [0.4, 0.5) is 0 Å². The lowest BCUT2D eigenvalue weighted by atomic mass is 9.76. The highest BCUT2D eigenvalue weighted by Crippen LogP contribution is 2.29. The Hall–Kier alpha value is -1.72. The summed E-state index contributed by atoms with van der Waals surface area (Å²) in [5, 5.41) is 0. The van der Waals surface area contributed by atoms with E-state index in [0.29, 0.717) is 84.0 Å². The van der Waals surface area contributed by atoms with E-state index in [0.717, 1.165) is 12.8 Å². The summed E-state index contributed by atoms with van der Waals surface area (Å²) in [5.74, 6) is 6.11. The van der Waals surface area contributed by atoms with Crippen LogP contribution in [0.5, 0.6) is 0 Å². The van der Waals surface area contributed by atoms with E-state index in [1.165, 1.54) is 0 Å². The molecule has 0 aliphatic carbocycles. The highest BCUT2D eigenvalue weighted by molar-refractivity contribution is 5.79. The van der Waals surface area contributed by atoms with Gasteiger partial charge in [-0.1, -0.05) is 125 Å². The number of rotatable bonds is 18. The van der Waals surface area contributed by atoms with Crippen LogP contribution in [0.3, 0.4) is 0 Å². The van der Waals surface area contributed by atoms with E-state index in [4.69, 9.17) is 9.47 Å². The molecule has 0 aromatic carbocycles. The van der Waals surface area contributed by atoms with E-state index in [9.17, 15) is 19.2 Å². The molecule has 0 aromatic heterocycles. The van der Waals surface area contributed by atoms with Crippen LogP contribution in [0, 0.1) is 82.9 Å². The maximum Gasteiger partial charge on any atom is 0.309 e. The summed E-state index contributed by atoms with van der Waals surface area (Å²) in [4.78, 5) is 45.7. The number of carbonyl (C=O) groups excluding carboxylic acids is 4. The highest BCUT2D eigenvalue weighted by atomic mass is 16.5. The molecule has 0 heterocycles. The lowest BCUT2D eigenvalue weighted by molar-refractivity contribution is -0.152. The summed E-state index contributed by atoms with van der Waals surface area (Å²) in [7, 11) is 0. The van der Waals surface area contributed by atoms with Gasteiger partial charge in [-0.15, -0.1) is 0 Å². The van der Waals surface area contributed by atoms with E-state index in [2.05, 4.69) is 125 Å². The van der Waals surface area contributed by atoms with Crippen LogP contribution in [0.15, 0.2) is 0 Å². The fourth-order valence-corrected chi connectivity index (χ4v) is 6.42.